The minimum atomic E-state index is -3.79. The summed E-state index contributed by atoms with van der Waals surface area (Å²) in [5.41, 5.74) is 4.43. The van der Waals surface area contributed by atoms with Gasteiger partial charge in [0.1, 0.15) is 11.6 Å². The van der Waals surface area contributed by atoms with E-state index in [-0.39, 0.29) is 31.1 Å². The summed E-state index contributed by atoms with van der Waals surface area (Å²) in [6.45, 7) is 7.30. The Morgan fingerprint density at radius 3 is 2.56 bits per heavy atom. The van der Waals surface area contributed by atoms with Crippen LogP contribution in [0.2, 0.25) is 0 Å². The SMILES string of the molecule is CCOC(=O)CC(c1ccc(C)c(CN2CC(C)Cc3cc(CCCN(C)C)ccc3S2(=O)=O)c1)c1ccc(F)cc1F. The van der Waals surface area contributed by atoms with Crippen LogP contribution in [0, 0.1) is 24.5 Å². The molecule has 2 unspecified atom stereocenters. The van der Waals surface area contributed by atoms with Gasteiger partial charge in [-0.2, -0.15) is 4.31 Å². The van der Waals surface area contributed by atoms with Crippen LogP contribution in [0.5, 0.6) is 0 Å². The molecule has 232 valence electrons. The van der Waals surface area contributed by atoms with Gasteiger partial charge in [-0.25, -0.2) is 17.2 Å². The van der Waals surface area contributed by atoms with E-state index in [0.29, 0.717) is 23.4 Å². The van der Waals surface area contributed by atoms with E-state index in [9.17, 15) is 22.0 Å². The fraction of sp³-hybridized carbons (Fsp3) is 0.441. The number of fused-ring (bicyclic) bond motifs is 1. The molecule has 0 aromatic heterocycles. The Kier molecular flexibility index (Phi) is 10.7. The third-order valence-electron chi connectivity index (χ3n) is 8.03. The largest absolute Gasteiger partial charge is 0.466 e. The van der Waals surface area contributed by atoms with E-state index in [2.05, 4.69) is 11.8 Å². The molecule has 2 atom stereocenters. The number of sulfonamides is 1. The van der Waals surface area contributed by atoms with E-state index < -0.39 is 33.5 Å². The van der Waals surface area contributed by atoms with Crippen molar-refractivity contribution in [2.45, 2.75) is 63.8 Å². The molecule has 43 heavy (non-hydrogen) atoms. The number of aryl methyl sites for hydroxylation is 2. The zero-order valence-corrected chi connectivity index (χ0v) is 26.5. The molecule has 0 bridgehead atoms. The first-order valence-corrected chi connectivity index (χ1v) is 16.3. The number of esters is 1. The number of halogens is 2. The Bertz CT molecular complexity index is 1560. The smallest absolute Gasteiger partial charge is 0.306 e. The fourth-order valence-corrected chi connectivity index (χ4v) is 7.57. The van der Waals surface area contributed by atoms with Crippen LogP contribution in [0.1, 0.15) is 66.0 Å². The summed E-state index contributed by atoms with van der Waals surface area (Å²) in [4.78, 5) is 15.0. The Morgan fingerprint density at radius 1 is 1.09 bits per heavy atom. The van der Waals surface area contributed by atoms with Crippen molar-refractivity contribution in [3.63, 3.8) is 0 Å². The van der Waals surface area contributed by atoms with Crippen molar-refractivity contribution in [1.82, 2.24) is 9.21 Å². The van der Waals surface area contributed by atoms with Crippen LogP contribution >= 0.6 is 0 Å². The summed E-state index contributed by atoms with van der Waals surface area (Å²) in [6, 6.07) is 14.5. The van der Waals surface area contributed by atoms with E-state index in [0.717, 1.165) is 47.7 Å². The molecular formula is C34H42F2N2O4S. The van der Waals surface area contributed by atoms with Gasteiger partial charge < -0.3 is 9.64 Å². The Balaban J connectivity index is 1.67. The zero-order chi connectivity index (χ0) is 31.3. The Hall–Kier alpha value is -3.14. The lowest BCUT2D eigenvalue weighted by Crippen LogP contribution is -2.33. The number of carbonyl (C=O) groups is 1. The van der Waals surface area contributed by atoms with Crippen molar-refractivity contribution in [2.24, 2.45) is 5.92 Å². The van der Waals surface area contributed by atoms with Gasteiger partial charge in [0.15, 0.2) is 0 Å². The number of rotatable bonds is 11. The minimum absolute atomic E-state index is 0.0985. The van der Waals surface area contributed by atoms with Crippen LogP contribution in [0.25, 0.3) is 0 Å². The molecule has 0 radical (unpaired) electrons. The van der Waals surface area contributed by atoms with Crippen molar-refractivity contribution < 1.29 is 26.7 Å². The number of ether oxygens (including phenoxy) is 1. The van der Waals surface area contributed by atoms with Gasteiger partial charge in [-0.1, -0.05) is 43.3 Å². The van der Waals surface area contributed by atoms with Crippen LogP contribution in [0.15, 0.2) is 59.5 Å². The van der Waals surface area contributed by atoms with Crippen LogP contribution in [-0.2, 0) is 38.9 Å². The molecule has 1 aliphatic heterocycles. The fourth-order valence-electron chi connectivity index (χ4n) is 5.82. The quantitative estimate of drug-likeness (QED) is 0.240. The topological polar surface area (TPSA) is 66.9 Å². The molecule has 0 saturated heterocycles. The lowest BCUT2D eigenvalue weighted by atomic mass is 9.86. The highest BCUT2D eigenvalue weighted by molar-refractivity contribution is 7.89. The van der Waals surface area contributed by atoms with Crippen molar-refractivity contribution in [2.75, 3.05) is 33.8 Å². The van der Waals surface area contributed by atoms with E-state index in [1.165, 1.54) is 16.4 Å². The second-order valence-electron chi connectivity index (χ2n) is 11.9. The van der Waals surface area contributed by atoms with Crippen molar-refractivity contribution >= 4 is 16.0 Å². The maximum atomic E-state index is 15.0. The molecule has 1 aliphatic rings. The molecule has 1 heterocycles. The Morgan fingerprint density at radius 2 is 1.86 bits per heavy atom. The zero-order valence-electron chi connectivity index (χ0n) is 25.7. The summed E-state index contributed by atoms with van der Waals surface area (Å²) in [6.07, 6.45) is 2.41. The van der Waals surface area contributed by atoms with Gasteiger partial charge in [0, 0.05) is 25.1 Å². The van der Waals surface area contributed by atoms with Gasteiger partial charge in [0.25, 0.3) is 0 Å². The highest BCUT2D eigenvalue weighted by Crippen LogP contribution is 2.34. The molecule has 3 aromatic rings. The van der Waals surface area contributed by atoms with Gasteiger partial charge in [0.2, 0.25) is 10.0 Å². The first-order chi connectivity index (χ1) is 20.4. The van der Waals surface area contributed by atoms with Crippen molar-refractivity contribution in [3.05, 3.63) is 99.6 Å². The molecular weight excluding hydrogens is 570 g/mol. The molecule has 0 spiro atoms. The molecule has 3 aromatic carbocycles. The molecule has 0 saturated carbocycles. The average Bonchev–Trinajstić information content (AvgIpc) is 3.01. The summed E-state index contributed by atoms with van der Waals surface area (Å²) < 4.78 is 63.4. The van der Waals surface area contributed by atoms with Crippen molar-refractivity contribution in [3.8, 4) is 0 Å². The summed E-state index contributed by atoms with van der Waals surface area (Å²) >= 11 is 0. The number of benzene rings is 3. The molecule has 0 amide bonds. The molecule has 0 N–H and O–H groups in total. The highest BCUT2D eigenvalue weighted by Gasteiger charge is 2.33. The van der Waals surface area contributed by atoms with Gasteiger partial charge in [-0.15, -0.1) is 0 Å². The predicted molar refractivity (Wildman–Crippen MR) is 164 cm³/mol. The average molecular weight is 613 g/mol. The first kappa shape index (κ1) is 32.8. The van der Waals surface area contributed by atoms with Gasteiger partial charge in [-0.05, 0) is 105 Å². The number of nitrogens with zero attached hydrogens (tertiary/aromatic N) is 2. The van der Waals surface area contributed by atoms with Gasteiger partial charge in [-0.3, -0.25) is 4.79 Å². The Labute approximate surface area is 254 Å². The van der Waals surface area contributed by atoms with Gasteiger partial charge >= 0.3 is 5.97 Å². The second kappa shape index (κ2) is 14.1. The van der Waals surface area contributed by atoms with E-state index in [1.807, 2.05) is 45.3 Å². The van der Waals surface area contributed by atoms with Crippen LogP contribution in [0.3, 0.4) is 0 Å². The van der Waals surface area contributed by atoms with E-state index in [1.54, 1.807) is 19.1 Å². The maximum absolute atomic E-state index is 15.0. The third-order valence-corrected chi connectivity index (χ3v) is 9.95. The number of hydrogen-bond acceptors (Lipinski definition) is 5. The second-order valence-corrected chi connectivity index (χ2v) is 13.8. The van der Waals surface area contributed by atoms with Crippen LogP contribution in [0.4, 0.5) is 8.78 Å². The standard InChI is InChI=1S/C34H42F2N2O4S/c1-6-42-34(39)20-31(30-13-12-29(35)19-32(30)36)26-11-9-24(3)28(18-26)22-38-21-23(2)16-27-17-25(8-7-15-37(4)5)10-14-33(27)43(38,40)41/h9-14,17-19,23,31H,6-8,15-16,20-22H2,1-5H3. The minimum Gasteiger partial charge on any atom is -0.466 e. The van der Waals surface area contributed by atoms with E-state index in [4.69, 9.17) is 4.74 Å². The number of carbonyl (C=O) groups excluding carboxylic acids is 1. The monoisotopic (exact) mass is 612 g/mol. The normalized spacial score (nSPS) is 17.3. The van der Waals surface area contributed by atoms with Crippen molar-refractivity contribution in [1.29, 1.82) is 0 Å². The lowest BCUT2D eigenvalue weighted by Gasteiger charge is -2.25. The molecule has 4 rings (SSSR count). The van der Waals surface area contributed by atoms with Crippen LogP contribution in [-0.4, -0.2) is 57.4 Å². The molecule has 0 fully saturated rings. The summed E-state index contributed by atoms with van der Waals surface area (Å²) in [5, 5.41) is 0. The van der Waals surface area contributed by atoms with Gasteiger partial charge in [0.05, 0.1) is 17.9 Å². The highest BCUT2D eigenvalue weighted by atomic mass is 32.2. The first-order valence-electron chi connectivity index (χ1n) is 14.9. The maximum Gasteiger partial charge on any atom is 0.306 e. The summed E-state index contributed by atoms with van der Waals surface area (Å²) in [5.74, 6) is -2.59. The molecule has 6 nitrogen and oxygen atoms in total. The predicted octanol–water partition coefficient (Wildman–Crippen LogP) is 6.24. The van der Waals surface area contributed by atoms with E-state index >= 15 is 0 Å². The summed E-state index contributed by atoms with van der Waals surface area (Å²) in [7, 11) is 0.290. The molecule has 0 aliphatic carbocycles. The van der Waals surface area contributed by atoms with Crippen LogP contribution < -0.4 is 0 Å². The third kappa shape index (κ3) is 8.08. The lowest BCUT2D eigenvalue weighted by molar-refractivity contribution is -0.143. The number of hydrogen-bond donors (Lipinski definition) is 0. The molecule has 9 heteroatoms.